The standard InChI is InChI=1S/C33H30F4N6O/c1-18-3-6-29(39-15-18)19(2)43-17-26(33(44)41-24-4-5-27(36)28(37)14-24)30-31(42-9-7-23(38)8-10-42)25(16-40-32(30)43)20-11-21(34)13-22(35)12-20/h3-6,11-17,19,23H,7-10,38H2,1-2H3,(H,41,44). The van der Waals surface area contributed by atoms with E-state index in [0.717, 1.165) is 29.5 Å². The number of hydrogen-bond acceptors (Lipinski definition) is 5. The lowest BCUT2D eigenvalue weighted by atomic mass is 9.98. The third kappa shape index (κ3) is 5.62. The van der Waals surface area contributed by atoms with Crippen molar-refractivity contribution in [1.29, 1.82) is 0 Å². The summed E-state index contributed by atoms with van der Waals surface area (Å²) in [6.07, 6.45) is 6.29. The van der Waals surface area contributed by atoms with Crippen molar-refractivity contribution in [2.24, 2.45) is 5.73 Å². The van der Waals surface area contributed by atoms with Crippen molar-refractivity contribution in [3.8, 4) is 11.1 Å². The zero-order valence-corrected chi connectivity index (χ0v) is 24.1. The van der Waals surface area contributed by atoms with Gasteiger partial charge >= 0.3 is 0 Å². The van der Waals surface area contributed by atoms with Gasteiger partial charge in [0.05, 0.1) is 28.4 Å². The third-order valence-corrected chi connectivity index (χ3v) is 8.04. The fraction of sp³-hybridized carbons (Fsp3) is 0.242. The lowest BCUT2D eigenvalue weighted by molar-refractivity contribution is 0.102. The second-order valence-electron chi connectivity index (χ2n) is 11.2. The van der Waals surface area contributed by atoms with E-state index in [0.29, 0.717) is 48.2 Å². The summed E-state index contributed by atoms with van der Waals surface area (Å²) in [5.41, 5.74) is 9.89. The number of nitrogens with two attached hydrogens (primary N) is 1. The van der Waals surface area contributed by atoms with Gasteiger partial charge in [0.15, 0.2) is 11.6 Å². The normalized spacial score (nSPS) is 14.7. The molecular formula is C33H30F4N6O. The molecule has 2 aromatic carbocycles. The van der Waals surface area contributed by atoms with Gasteiger partial charge in [-0.3, -0.25) is 9.78 Å². The molecule has 3 aromatic heterocycles. The summed E-state index contributed by atoms with van der Waals surface area (Å²) in [4.78, 5) is 25.3. The Morgan fingerprint density at radius 1 is 0.955 bits per heavy atom. The fourth-order valence-electron chi connectivity index (χ4n) is 5.68. The van der Waals surface area contributed by atoms with E-state index in [1.807, 2.05) is 30.5 Å². The molecule has 226 valence electrons. The van der Waals surface area contributed by atoms with E-state index in [2.05, 4.69) is 15.2 Å². The number of carbonyl (C=O) groups is 1. The molecule has 3 N–H and O–H groups in total. The van der Waals surface area contributed by atoms with Gasteiger partial charge < -0.3 is 20.5 Å². The molecule has 11 heteroatoms. The van der Waals surface area contributed by atoms with Crippen LogP contribution in [0.5, 0.6) is 0 Å². The van der Waals surface area contributed by atoms with Gasteiger partial charge in [0.1, 0.15) is 17.3 Å². The van der Waals surface area contributed by atoms with Crippen molar-refractivity contribution in [2.75, 3.05) is 23.3 Å². The first-order valence-electron chi connectivity index (χ1n) is 14.3. The summed E-state index contributed by atoms with van der Waals surface area (Å²) in [6.45, 7) is 4.93. The zero-order valence-electron chi connectivity index (χ0n) is 24.1. The molecule has 1 aliphatic rings. The number of carbonyl (C=O) groups excluding carboxylic acids is 1. The number of fused-ring (bicyclic) bond motifs is 1. The average Bonchev–Trinajstić information content (AvgIpc) is 3.38. The van der Waals surface area contributed by atoms with E-state index in [1.165, 1.54) is 18.2 Å². The SMILES string of the molecule is Cc1ccc(C(C)n2cc(C(=O)Nc3ccc(F)c(F)c3)c3c(N4CCC(N)CC4)c(-c4cc(F)cc(F)c4)cnc32)nc1. The number of nitrogens with zero attached hydrogens (tertiary/aromatic N) is 4. The van der Waals surface area contributed by atoms with Crippen LogP contribution in [0.1, 0.15) is 47.4 Å². The monoisotopic (exact) mass is 602 g/mol. The summed E-state index contributed by atoms with van der Waals surface area (Å²) in [7, 11) is 0. The molecule has 5 aromatic rings. The largest absolute Gasteiger partial charge is 0.370 e. The van der Waals surface area contributed by atoms with Crippen molar-refractivity contribution in [2.45, 2.75) is 38.8 Å². The van der Waals surface area contributed by atoms with E-state index in [4.69, 9.17) is 10.7 Å². The van der Waals surface area contributed by atoms with Crippen LogP contribution in [0.25, 0.3) is 22.2 Å². The molecule has 1 aliphatic heterocycles. The highest BCUT2D eigenvalue weighted by Crippen LogP contribution is 2.42. The summed E-state index contributed by atoms with van der Waals surface area (Å²) in [6, 6.07) is 9.80. The highest BCUT2D eigenvalue weighted by Gasteiger charge is 2.29. The molecule has 0 aliphatic carbocycles. The molecular weight excluding hydrogens is 572 g/mol. The Balaban J connectivity index is 1.60. The van der Waals surface area contributed by atoms with Gasteiger partial charge in [-0.1, -0.05) is 6.07 Å². The lowest BCUT2D eigenvalue weighted by Gasteiger charge is -2.34. The van der Waals surface area contributed by atoms with Crippen LogP contribution >= 0.6 is 0 Å². The number of nitrogens with one attached hydrogen (secondary N) is 1. The van der Waals surface area contributed by atoms with Crippen LogP contribution < -0.4 is 16.0 Å². The zero-order chi connectivity index (χ0) is 31.1. The van der Waals surface area contributed by atoms with Crippen LogP contribution in [0.2, 0.25) is 0 Å². The number of benzene rings is 2. The van der Waals surface area contributed by atoms with Gasteiger partial charge in [0, 0.05) is 61.1 Å². The van der Waals surface area contributed by atoms with E-state index in [1.54, 1.807) is 18.6 Å². The molecule has 1 atom stereocenters. The molecule has 1 unspecified atom stereocenters. The number of amides is 1. The predicted octanol–water partition coefficient (Wildman–Crippen LogP) is 6.75. The van der Waals surface area contributed by atoms with Crippen molar-refractivity contribution in [3.05, 3.63) is 107 Å². The number of aromatic nitrogens is 3. The minimum absolute atomic E-state index is 0.00739. The maximum Gasteiger partial charge on any atom is 0.257 e. The molecule has 7 nitrogen and oxygen atoms in total. The number of anilines is 2. The van der Waals surface area contributed by atoms with Gasteiger partial charge in [-0.05, 0) is 68.1 Å². The number of hydrogen-bond donors (Lipinski definition) is 2. The van der Waals surface area contributed by atoms with Crippen LogP contribution in [-0.4, -0.2) is 39.6 Å². The summed E-state index contributed by atoms with van der Waals surface area (Å²) in [5.74, 6) is -4.24. The molecule has 6 rings (SSSR count). The first kappa shape index (κ1) is 29.3. The maximum absolute atomic E-state index is 14.5. The second-order valence-corrected chi connectivity index (χ2v) is 11.2. The van der Waals surface area contributed by atoms with Crippen molar-refractivity contribution >= 4 is 28.3 Å². The van der Waals surface area contributed by atoms with Crippen LogP contribution in [0.3, 0.4) is 0 Å². The predicted molar refractivity (Wildman–Crippen MR) is 162 cm³/mol. The number of aryl methyl sites for hydroxylation is 1. The van der Waals surface area contributed by atoms with E-state index in [9.17, 15) is 22.4 Å². The Bertz CT molecular complexity index is 1840. The number of halogens is 4. The Morgan fingerprint density at radius 2 is 1.68 bits per heavy atom. The molecule has 1 fully saturated rings. The lowest BCUT2D eigenvalue weighted by Crippen LogP contribution is -2.40. The Kier molecular flexibility index (Phi) is 7.81. The molecule has 0 saturated carbocycles. The topological polar surface area (TPSA) is 89.1 Å². The summed E-state index contributed by atoms with van der Waals surface area (Å²) in [5, 5.41) is 3.12. The van der Waals surface area contributed by atoms with E-state index >= 15 is 0 Å². The molecule has 1 amide bonds. The molecule has 44 heavy (non-hydrogen) atoms. The van der Waals surface area contributed by atoms with Crippen molar-refractivity contribution in [3.63, 3.8) is 0 Å². The highest BCUT2D eigenvalue weighted by atomic mass is 19.2. The minimum atomic E-state index is -1.10. The van der Waals surface area contributed by atoms with Crippen LogP contribution in [0.15, 0.2) is 67.1 Å². The Morgan fingerprint density at radius 3 is 2.34 bits per heavy atom. The Hall–Kier alpha value is -4.77. The number of pyridine rings is 2. The third-order valence-electron chi connectivity index (χ3n) is 8.04. The first-order valence-corrected chi connectivity index (χ1v) is 14.3. The molecule has 0 spiro atoms. The summed E-state index contributed by atoms with van der Waals surface area (Å²) < 4.78 is 58.4. The quantitative estimate of drug-likeness (QED) is 0.210. The van der Waals surface area contributed by atoms with Gasteiger partial charge in [-0.15, -0.1) is 0 Å². The number of piperidine rings is 1. The average molecular weight is 603 g/mol. The minimum Gasteiger partial charge on any atom is -0.370 e. The fourth-order valence-corrected chi connectivity index (χ4v) is 5.68. The van der Waals surface area contributed by atoms with Crippen LogP contribution in [-0.2, 0) is 0 Å². The first-order chi connectivity index (χ1) is 21.1. The van der Waals surface area contributed by atoms with E-state index < -0.39 is 29.2 Å². The van der Waals surface area contributed by atoms with Gasteiger partial charge in [-0.25, -0.2) is 22.5 Å². The summed E-state index contributed by atoms with van der Waals surface area (Å²) >= 11 is 0. The number of rotatable bonds is 6. The molecule has 0 radical (unpaired) electrons. The molecule has 4 heterocycles. The highest BCUT2D eigenvalue weighted by molar-refractivity contribution is 6.17. The van der Waals surface area contributed by atoms with E-state index in [-0.39, 0.29) is 28.9 Å². The van der Waals surface area contributed by atoms with Crippen molar-refractivity contribution < 1.29 is 22.4 Å². The van der Waals surface area contributed by atoms with Crippen molar-refractivity contribution in [1.82, 2.24) is 14.5 Å². The molecule has 1 saturated heterocycles. The van der Waals surface area contributed by atoms with Gasteiger partial charge in [-0.2, -0.15) is 0 Å². The van der Waals surface area contributed by atoms with Crippen LogP contribution in [0.4, 0.5) is 28.9 Å². The second kappa shape index (κ2) is 11.7. The smallest absolute Gasteiger partial charge is 0.257 e. The Labute approximate surface area is 251 Å². The van der Waals surface area contributed by atoms with Crippen LogP contribution in [0, 0.1) is 30.2 Å². The molecule has 0 bridgehead atoms. The van der Waals surface area contributed by atoms with Gasteiger partial charge in [0.2, 0.25) is 0 Å². The van der Waals surface area contributed by atoms with Gasteiger partial charge in [0.25, 0.3) is 5.91 Å². The maximum atomic E-state index is 14.5.